The number of anilines is 1. The summed E-state index contributed by atoms with van der Waals surface area (Å²) in [6, 6.07) is 17.8. The monoisotopic (exact) mass is 392 g/mol. The molecule has 0 aromatic heterocycles. The first-order valence-corrected chi connectivity index (χ1v) is 10.5. The zero-order valence-electron chi connectivity index (χ0n) is 16.7. The maximum atomic E-state index is 12.9. The maximum absolute atomic E-state index is 12.9. The quantitative estimate of drug-likeness (QED) is 0.840. The van der Waals surface area contributed by atoms with Crippen molar-refractivity contribution in [3.05, 3.63) is 65.7 Å². The van der Waals surface area contributed by atoms with E-state index in [-0.39, 0.29) is 17.9 Å². The number of nitrogens with zero attached hydrogens (tertiary/aromatic N) is 1. The van der Waals surface area contributed by atoms with Crippen LogP contribution in [0.1, 0.15) is 41.6 Å². The molecule has 0 bridgehead atoms. The molecule has 29 heavy (non-hydrogen) atoms. The lowest BCUT2D eigenvalue weighted by Crippen LogP contribution is -2.39. The minimum absolute atomic E-state index is 0.0383. The lowest BCUT2D eigenvalue weighted by Gasteiger charge is -2.32. The van der Waals surface area contributed by atoms with E-state index in [4.69, 9.17) is 4.74 Å². The fourth-order valence-corrected chi connectivity index (χ4v) is 4.21. The van der Waals surface area contributed by atoms with Gasteiger partial charge in [0.1, 0.15) is 6.10 Å². The van der Waals surface area contributed by atoms with Crippen LogP contribution >= 0.6 is 0 Å². The number of carbonyl (C=O) groups is 2. The lowest BCUT2D eigenvalue weighted by molar-refractivity contribution is -0.124. The Morgan fingerprint density at radius 1 is 1.00 bits per heavy atom. The minimum atomic E-state index is -0.377. The minimum Gasteiger partial charge on any atom is -0.368 e. The molecule has 2 aliphatic heterocycles. The van der Waals surface area contributed by atoms with Crippen molar-refractivity contribution in [3.63, 3.8) is 0 Å². The van der Waals surface area contributed by atoms with Crippen molar-refractivity contribution in [2.75, 3.05) is 25.0 Å². The summed E-state index contributed by atoms with van der Waals surface area (Å²) in [6.45, 7) is 2.20. The molecule has 0 unspecified atom stereocenters. The van der Waals surface area contributed by atoms with Gasteiger partial charge < -0.3 is 15.0 Å². The van der Waals surface area contributed by atoms with Gasteiger partial charge in [0, 0.05) is 30.9 Å². The summed E-state index contributed by atoms with van der Waals surface area (Å²) in [6.07, 6.45) is 4.41. The van der Waals surface area contributed by atoms with E-state index in [1.165, 1.54) is 5.56 Å². The van der Waals surface area contributed by atoms with Crippen LogP contribution in [0.3, 0.4) is 0 Å². The highest BCUT2D eigenvalue weighted by molar-refractivity contribution is 5.98. The normalized spacial score (nSPS) is 19.9. The zero-order chi connectivity index (χ0) is 20.1. The van der Waals surface area contributed by atoms with Crippen LogP contribution in [0, 0.1) is 5.92 Å². The number of rotatable bonds is 5. The summed E-state index contributed by atoms with van der Waals surface area (Å²) in [5.41, 5.74) is 2.64. The largest absolute Gasteiger partial charge is 0.368 e. The predicted molar refractivity (Wildman–Crippen MR) is 113 cm³/mol. The van der Waals surface area contributed by atoms with Crippen LogP contribution in [0.4, 0.5) is 5.69 Å². The standard InChI is InChI=1S/C24H28N2O3/c27-23(22-10-5-15-29-22)25-21-9-4-8-20(17-21)24(28)26-13-11-19(12-14-26)16-18-6-2-1-3-7-18/h1-4,6-9,17,19,22H,5,10-16H2,(H,25,27)/t22-/m1/s1. The lowest BCUT2D eigenvalue weighted by atomic mass is 9.90. The topological polar surface area (TPSA) is 58.6 Å². The molecular weight excluding hydrogens is 364 g/mol. The Hall–Kier alpha value is -2.66. The molecule has 2 heterocycles. The molecule has 2 aliphatic rings. The molecule has 0 saturated carbocycles. The molecule has 1 atom stereocenters. The summed E-state index contributed by atoms with van der Waals surface area (Å²) in [5, 5.41) is 2.88. The van der Waals surface area contributed by atoms with Gasteiger partial charge in [0.05, 0.1) is 0 Å². The van der Waals surface area contributed by atoms with Gasteiger partial charge >= 0.3 is 0 Å². The van der Waals surface area contributed by atoms with Gasteiger partial charge in [-0.05, 0) is 61.8 Å². The Kier molecular flexibility index (Phi) is 6.25. The Bertz CT molecular complexity index is 838. The number of piperidine rings is 1. The van der Waals surface area contributed by atoms with E-state index in [2.05, 4.69) is 29.6 Å². The van der Waals surface area contributed by atoms with E-state index in [1.807, 2.05) is 29.2 Å². The molecule has 4 rings (SSSR count). The van der Waals surface area contributed by atoms with Gasteiger partial charge in [-0.3, -0.25) is 9.59 Å². The van der Waals surface area contributed by atoms with E-state index in [0.29, 0.717) is 23.8 Å². The van der Waals surface area contributed by atoms with E-state index >= 15 is 0 Å². The number of carbonyl (C=O) groups excluding carboxylic acids is 2. The van der Waals surface area contributed by atoms with Gasteiger partial charge in [-0.1, -0.05) is 36.4 Å². The molecule has 2 fully saturated rings. The summed E-state index contributed by atoms with van der Waals surface area (Å²) < 4.78 is 5.43. The van der Waals surface area contributed by atoms with Crippen molar-refractivity contribution in [1.29, 1.82) is 0 Å². The fourth-order valence-electron chi connectivity index (χ4n) is 4.21. The molecule has 152 valence electrons. The Labute approximate surface area is 172 Å². The first kappa shape index (κ1) is 19.6. The van der Waals surface area contributed by atoms with Crippen LogP contribution in [-0.4, -0.2) is 42.5 Å². The molecule has 1 N–H and O–H groups in total. The summed E-state index contributed by atoms with van der Waals surface area (Å²) in [7, 11) is 0. The van der Waals surface area contributed by atoms with Crippen LogP contribution in [0.5, 0.6) is 0 Å². The van der Waals surface area contributed by atoms with Gasteiger partial charge in [0.15, 0.2) is 0 Å². The average molecular weight is 392 g/mol. The fraction of sp³-hybridized carbons (Fsp3) is 0.417. The number of amides is 2. The molecule has 2 amide bonds. The number of benzene rings is 2. The third kappa shape index (κ3) is 5.04. The smallest absolute Gasteiger partial charge is 0.253 e. The highest BCUT2D eigenvalue weighted by Crippen LogP contribution is 2.24. The van der Waals surface area contributed by atoms with Crippen molar-refractivity contribution >= 4 is 17.5 Å². The van der Waals surface area contributed by atoms with Crippen LogP contribution in [-0.2, 0) is 16.0 Å². The van der Waals surface area contributed by atoms with Crippen LogP contribution in [0.25, 0.3) is 0 Å². The Balaban J connectivity index is 1.32. The molecule has 0 spiro atoms. The van der Waals surface area contributed by atoms with Crippen LogP contribution in [0.2, 0.25) is 0 Å². The van der Waals surface area contributed by atoms with E-state index in [1.54, 1.807) is 6.07 Å². The maximum Gasteiger partial charge on any atom is 0.253 e. The summed E-state index contributed by atoms with van der Waals surface area (Å²) >= 11 is 0. The Morgan fingerprint density at radius 3 is 2.52 bits per heavy atom. The van der Waals surface area contributed by atoms with Crippen molar-refractivity contribution < 1.29 is 14.3 Å². The van der Waals surface area contributed by atoms with Gasteiger partial charge in [0.2, 0.25) is 0 Å². The van der Waals surface area contributed by atoms with Crippen molar-refractivity contribution in [2.45, 2.75) is 38.2 Å². The first-order chi connectivity index (χ1) is 14.2. The van der Waals surface area contributed by atoms with Crippen LogP contribution in [0.15, 0.2) is 54.6 Å². The van der Waals surface area contributed by atoms with Crippen LogP contribution < -0.4 is 5.32 Å². The van der Waals surface area contributed by atoms with E-state index in [0.717, 1.165) is 45.2 Å². The molecule has 2 aromatic rings. The van der Waals surface area contributed by atoms with Gasteiger partial charge in [-0.15, -0.1) is 0 Å². The second-order valence-electron chi connectivity index (χ2n) is 8.00. The summed E-state index contributed by atoms with van der Waals surface area (Å²) in [4.78, 5) is 27.1. The number of likely N-dealkylation sites (tertiary alicyclic amines) is 1. The van der Waals surface area contributed by atoms with Gasteiger partial charge in [-0.25, -0.2) is 0 Å². The molecule has 2 aromatic carbocycles. The second-order valence-corrected chi connectivity index (χ2v) is 8.00. The third-order valence-corrected chi connectivity index (χ3v) is 5.87. The van der Waals surface area contributed by atoms with Gasteiger partial charge in [-0.2, -0.15) is 0 Å². The number of hydrogen-bond donors (Lipinski definition) is 1. The number of ether oxygens (including phenoxy) is 1. The highest BCUT2D eigenvalue weighted by Gasteiger charge is 2.25. The second kappa shape index (κ2) is 9.23. The predicted octanol–water partition coefficient (Wildman–Crippen LogP) is 3.90. The zero-order valence-corrected chi connectivity index (χ0v) is 16.7. The molecule has 5 heteroatoms. The van der Waals surface area contributed by atoms with E-state index in [9.17, 15) is 9.59 Å². The third-order valence-electron chi connectivity index (χ3n) is 5.87. The van der Waals surface area contributed by atoms with E-state index < -0.39 is 0 Å². The van der Waals surface area contributed by atoms with Crippen molar-refractivity contribution in [3.8, 4) is 0 Å². The first-order valence-electron chi connectivity index (χ1n) is 10.5. The van der Waals surface area contributed by atoms with Crippen molar-refractivity contribution in [1.82, 2.24) is 4.90 Å². The molecule has 0 radical (unpaired) electrons. The molecule has 0 aliphatic carbocycles. The van der Waals surface area contributed by atoms with Crippen molar-refractivity contribution in [2.24, 2.45) is 5.92 Å². The van der Waals surface area contributed by atoms with Gasteiger partial charge in [0.25, 0.3) is 11.8 Å². The molecular formula is C24H28N2O3. The number of nitrogens with one attached hydrogen (secondary N) is 1. The number of hydrogen-bond acceptors (Lipinski definition) is 3. The molecule has 5 nitrogen and oxygen atoms in total. The average Bonchev–Trinajstić information content (AvgIpc) is 3.30. The molecule has 2 saturated heterocycles. The highest BCUT2D eigenvalue weighted by atomic mass is 16.5. The Morgan fingerprint density at radius 2 is 1.79 bits per heavy atom. The SMILES string of the molecule is O=C(Nc1cccc(C(=O)N2CCC(Cc3ccccc3)CC2)c1)[C@H]1CCCO1. The summed E-state index contributed by atoms with van der Waals surface area (Å²) in [5.74, 6) is 0.531.